The van der Waals surface area contributed by atoms with Gasteiger partial charge in [-0.2, -0.15) is 0 Å². The lowest BCUT2D eigenvalue weighted by Crippen LogP contribution is -2.32. The van der Waals surface area contributed by atoms with Crippen molar-refractivity contribution in [1.82, 2.24) is 15.2 Å². The summed E-state index contributed by atoms with van der Waals surface area (Å²) in [6, 6.07) is 15.4. The van der Waals surface area contributed by atoms with Crippen molar-refractivity contribution in [2.24, 2.45) is 0 Å². The molecule has 8 nitrogen and oxygen atoms in total. The monoisotopic (exact) mass is 413 g/mol. The first kappa shape index (κ1) is 18.7. The summed E-state index contributed by atoms with van der Waals surface area (Å²) in [4.78, 5) is 47.9. The van der Waals surface area contributed by atoms with Gasteiger partial charge in [-0.25, -0.2) is 9.78 Å². The Labute approximate surface area is 176 Å². The lowest BCUT2D eigenvalue weighted by atomic mass is 10.0. The number of aromatic nitrogens is 2. The molecule has 3 heterocycles. The summed E-state index contributed by atoms with van der Waals surface area (Å²) < 4.78 is 5.27. The zero-order valence-electron chi connectivity index (χ0n) is 16.6. The van der Waals surface area contributed by atoms with E-state index in [2.05, 4.69) is 10.1 Å². The Morgan fingerprint density at radius 1 is 0.968 bits per heavy atom. The van der Waals surface area contributed by atoms with E-state index in [-0.39, 0.29) is 22.4 Å². The van der Waals surface area contributed by atoms with Gasteiger partial charge in [-0.15, -0.1) is 0 Å². The third-order valence-corrected chi connectivity index (χ3v) is 5.12. The standard InChI is InChI=1S/C23H15N3O5/c1-12-7-9-14(10-8-12)18-11-17(19-13(2)25-30-20(19)24-18)23(29)31-26-21(27)15-5-3-4-6-16(15)22(26)28/h3-11H,1-2H3. The summed E-state index contributed by atoms with van der Waals surface area (Å²) in [6.45, 7) is 3.63. The van der Waals surface area contributed by atoms with Crippen molar-refractivity contribution in [3.8, 4) is 11.3 Å². The maximum Gasteiger partial charge on any atom is 0.364 e. The first-order chi connectivity index (χ1) is 14.9. The third kappa shape index (κ3) is 2.96. The predicted octanol–water partition coefficient (Wildman–Crippen LogP) is 3.87. The Kier molecular flexibility index (Phi) is 4.14. The second-order valence-electron chi connectivity index (χ2n) is 7.20. The maximum atomic E-state index is 13.1. The zero-order valence-corrected chi connectivity index (χ0v) is 16.6. The van der Waals surface area contributed by atoms with Crippen molar-refractivity contribution in [3.63, 3.8) is 0 Å². The summed E-state index contributed by atoms with van der Waals surface area (Å²) in [5, 5.41) is 4.73. The summed E-state index contributed by atoms with van der Waals surface area (Å²) in [5.74, 6) is -2.28. The lowest BCUT2D eigenvalue weighted by molar-refractivity contribution is -0.0583. The molecular formula is C23H15N3O5. The van der Waals surface area contributed by atoms with Crippen molar-refractivity contribution in [1.29, 1.82) is 0 Å². The molecule has 5 rings (SSSR count). The van der Waals surface area contributed by atoms with Crippen LogP contribution in [0.4, 0.5) is 0 Å². The maximum absolute atomic E-state index is 13.1. The number of fused-ring (bicyclic) bond motifs is 2. The van der Waals surface area contributed by atoms with E-state index in [1.54, 1.807) is 19.1 Å². The fourth-order valence-corrected chi connectivity index (χ4v) is 3.51. The zero-order chi connectivity index (χ0) is 21.7. The van der Waals surface area contributed by atoms with Crippen LogP contribution in [0.1, 0.15) is 42.3 Å². The van der Waals surface area contributed by atoms with Crippen LogP contribution in [-0.4, -0.2) is 33.0 Å². The second-order valence-corrected chi connectivity index (χ2v) is 7.20. The minimum absolute atomic E-state index is 0.0934. The molecule has 2 aromatic carbocycles. The average molecular weight is 413 g/mol. The van der Waals surface area contributed by atoms with Gasteiger partial charge in [0.2, 0.25) is 0 Å². The molecule has 1 aliphatic rings. The number of carbonyl (C=O) groups excluding carboxylic acids is 3. The second kappa shape index (κ2) is 6.88. The largest absolute Gasteiger partial charge is 0.364 e. The van der Waals surface area contributed by atoms with E-state index < -0.39 is 17.8 Å². The molecule has 31 heavy (non-hydrogen) atoms. The normalized spacial score (nSPS) is 13.0. The molecule has 1 aliphatic heterocycles. The average Bonchev–Trinajstić information content (AvgIpc) is 3.27. The molecule has 0 fully saturated rings. The van der Waals surface area contributed by atoms with Gasteiger partial charge >= 0.3 is 5.97 Å². The van der Waals surface area contributed by atoms with Crippen molar-refractivity contribution in [2.75, 3.05) is 0 Å². The highest BCUT2D eigenvalue weighted by molar-refractivity contribution is 6.21. The van der Waals surface area contributed by atoms with Crippen molar-refractivity contribution >= 4 is 28.9 Å². The van der Waals surface area contributed by atoms with Gasteiger partial charge in [0.1, 0.15) is 0 Å². The van der Waals surface area contributed by atoms with Gasteiger partial charge in [0.25, 0.3) is 17.5 Å². The van der Waals surface area contributed by atoms with E-state index in [0.29, 0.717) is 21.8 Å². The summed E-state index contributed by atoms with van der Waals surface area (Å²) in [6.07, 6.45) is 0. The Balaban J connectivity index is 1.56. The van der Waals surface area contributed by atoms with Crippen LogP contribution in [-0.2, 0) is 4.84 Å². The third-order valence-electron chi connectivity index (χ3n) is 5.12. The molecule has 0 saturated heterocycles. The number of imide groups is 1. The highest BCUT2D eigenvalue weighted by atomic mass is 16.7. The van der Waals surface area contributed by atoms with Gasteiger partial charge in [-0.05, 0) is 32.0 Å². The van der Waals surface area contributed by atoms with Crippen molar-refractivity contribution < 1.29 is 23.7 Å². The number of carbonyl (C=O) groups is 3. The van der Waals surface area contributed by atoms with Gasteiger partial charge in [0.15, 0.2) is 0 Å². The Morgan fingerprint density at radius 2 is 1.61 bits per heavy atom. The summed E-state index contributed by atoms with van der Waals surface area (Å²) >= 11 is 0. The number of rotatable bonds is 3. The molecule has 0 radical (unpaired) electrons. The SMILES string of the molecule is Cc1ccc(-c2cc(C(=O)ON3C(=O)c4ccccc4C3=O)c3c(C)noc3n2)cc1. The topological polar surface area (TPSA) is 103 Å². The van der Waals surface area contributed by atoms with E-state index in [9.17, 15) is 14.4 Å². The van der Waals surface area contributed by atoms with E-state index in [1.807, 2.05) is 31.2 Å². The van der Waals surface area contributed by atoms with Gasteiger partial charge in [-0.3, -0.25) is 9.59 Å². The lowest BCUT2D eigenvalue weighted by Gasteiger charge is -2.13. The number of hydrogen-bond acceptors (Lipinski definition) is 7. The van der Waals surface area contributed by atoms with E-state index >= 15 is 0 Å². The molecule has 0 N–H and O–H groups in total. The summed E-state index contributed by atoms with van der Waals surface area (Å²) in [5.41, 5.74) is 3.36. The number of benzene rings is 2. The molecule has 0 spiro atoms. The molecule has 8 heteroatoms. The van der Waals surface area contributed by atoms with Crippen LogP contribution in [0.2, 0.25) is 0 Å². The Bertz CT molecular complexity index is 1350. The van der Waals surface area contributed by atoms with Gasteiger partial charge < -0.3 is 9.36 Å². The molecule has 0 unspecified atom stereocenters. The fourth-order valence-electron chi connectivity index (χ4n) is 3.51. The number of pyridine rings is 1. The molecule has 0 atom stereocenters. The smallest absolute Gasteiger partial charge is 0.335 e. The number of nitrogens with zero attached hydrogens (tertiary/aromatic N) is 3. The van der Waals surface area contributed by atoms with Crippen LogP contribution in [0.25, 0.3) is 22.4 Å². The molecule has 0 saturated carbocycles. The number of amides is 2. The predicted molar refractivity (Wildman–Crippen MR) is 109 cm³/mol. The number of aryl methyl sites for hydroxylation is 2. The molecule has 0 bridgehead atoms. The minimum Gasteiger partial charge on any atom is -0.335 e. The number of hydrogen-bond donors (Lipinski definition) is 0. The first-order valence-electron chi connectivity index (χ1n) is 9.48. The van der Waals surface area contributed by atoms with Crippen LogP contribution in [0.3, 0.4) is 0 Å². The van der Waals surface area contributed by atoms with Gasteiger partial charge in [-0.1, -0.05) is 52.2 Å². The molecule has 0 aliphatic carbocycles. The summed E-state index contributed by atoms with van der Waals surface area (Å²) in [7, 11) is 0. The number of hydroxylamine groups is 2. The van der Waals surface area contributed by atoms with Crippen LogP contribution in [0.5, 0.6) is 0 Å². The van der Waals surface area contributed by atoms with E-state index in [4.69, 9.17) is 9.36 Å². The Morgan fingerprint density at radius 3 is 2.26 bits per heavy atom. The van der Waals surface area contributed by atoms with Crippen LogP contribution < -0.4 is 0 Å². The highest BCUT2D eigenvalue weighted by Crippen LogP contribution is 2.29. The first-order valence-corrected chi connectivity index (χ1v) is 9.48. The van der Waals surface area contributed by atoms with Gasteiger partial charge in [0.05, 0.1) is 33.5 Å². The van der Waals surface area contributed by atoms with Crippen LogP contribution in [0.15, 0.2) is 59.1 Å². The molecule has 2 aromatic heterocycles. The molecule has 152 valence electrons. The molecule has 4 aromatic rings. The quantitative estimate of drug-likeness (QED) is 0.470. The fraction of sp³-hybridized carbons (Fsp3) is 0.0870. The molecule has 2 amide bonds. The van der Waals surface area contributed by atoms with E-state index in [0.717, 1.165) is 11.1 Å². The van der Waals surface area contributed by atoms with Crippen molar-refractivity contribution in [2.45, 2.75) is 13.8 Å². The highest BCUT2D eigenvalue weighted by Gasteiger charge is 2.39. The van der Waals surface area contributed by atoms with Crippen LogP contribution >= 0.6 is 0 Å². The van der Waals surface area contributed by atoms with Gasteiger partial charge in [0, 0.05) is 5.56 Å². The van der Waals surface area contributed by atoms with Crippen LogP contribution in [0, 0.1) is 13.8 Å². The minimum atomic E-state index is -0.887. The molecular weight excluding hydrogens is 398 g/mol. The van der Waals surface area contributed by atoms with Crippen molar-refractivity contribution in [3.05, 3.63) is 82.5 Å². The Hall–Kier alpha value is -4.33. The van der Waals surface area contributed by atoms with E-state index in [1.165, 1.54) is 18.2 Å².